The van der Waals surface area contributed by atoms with E-state index in [1.165, 1.54) is 13.8 Å². The van der Waals surface area contributed by atoms with Crippen molar-refractivity contribution < 1.29 is 28.4 Å². The second-order valence-corrected chi connectivity index (χ2v) is 6.10. The van der Waals surface area contributed by atoms with Crippen LogP contribution < -0.4 is 10.6 Å². The van der Waals surface area contributed by atoms with Gasteiger partial charge in [0, 0.05) is 24.4 Å². The summed E-state index contributed by atoms with van der Waals surface area (Å²) in [6, 6.07) is 9.41. The number of nitrogens with zero attached hydrogens (tertiary/aromatic N) is 1. The van der Waals surface area contributed by atoms with Crippen molar-refractivity contribution in [3.05, 3.63) is 64.0 Å². The van der Waals surface area contributed by atoms with Crippen molar-refractivity contribution in [2.45, 2.75) is 26.4 Å². The van der Waals surface area contributed by atoms with E-state index in [-0.39, 0.29) is 18.0 Å². The van der Waals surface area contributed by atoms with Gasteiger partial charge in [-0.2, -0.15) is 4.39 Å². The van der Waals surface area contributed by atoms with Crippen LogP contribution in [-0.2, 0) is 25.5 Å². The smallest absolute Gasteiger partial charge is 0.311 e. The van der Waals surface area contributed by atoms with E-state index in [4.69, 9.17) is 4.74 Å². The maximum Gasteiger partial charge on any atom is 0.311 e. The standard InChI is InChI=1S/C19H18FN3O6/c1-11(19(26)22-15-7-8-16(20)17(10-15)23(27)28)29-18(25)9-13-3-5-14(6-4-13)21-12(2)24/h3-8,10-11H,9H2,1-2H3,(H,21,24)(H,22,26)/t11-/m1/s1. The highest BCUT2D eigenvalue weighted by Gasteiger charge is 2.20. The number of ether oxygens (including phenoxy) is 1. The first-order chi connectivity index (χ1) is 13.7. The molecule has 0 aliphatic rings. The number of nitro groups is 1. The first-order valence-corrected chi connectivity index (χ1v) is 8.46. The molecule has 0 saturated carbocycles. The third kappa shape index (κ3) is 6.38. The van der Waals surface area contributed by atoms with E-state index < -0.39 is 34.4 Å². The Hall–Kier alpha value is -3.82. The van der Waals surface area contributed by atoms with Gasteiger partial charge in [-0.15, -0.1) is 0 Å². The Labute approximate surface area is 165 Å². The SMILES string of the molecule is CC(=O)Nc1ccc(CC(=O)O[C@H](C)C(=O)Nc2ccc(F)c([N+](=O)[O-])c2)cc1. The molecular weight excluding hydrogens is 385 g/mol. The topological polar surface area (TPSA) is 128 Å². The number of rotatable bonds is 7. The average Bonchev–Trinajstić information content (AvgIpc) is 2.64. The van der Waals surface area contributed by atoms with Gasteiger partial charge in [0.2, 0.25) is 11.7 Å². The highest BCUT2D eigenvalue weighted by molar-refractivity contribution is 5.95. The number of carbonyl (C=O) groups is 3. The van der Waals surface area contributed by atoms with Crippen LogP contribution >= 0.6 is 0 Å². The lowest BCUT2D eigenvalue weighted by atomic mass is 10.1. The Bertz CT molecular complexity index is 945. The minimum absolute atomic E-state index is 0.000408. The highest BCUT2D eigenvalue weighted by Crippen LogP contribution is 2.22. The quantitative estimate of drug-likeness (QED) is 0.416. The maximum absolute atomic E-state index is 13.3. The average molecular weight is 403 g/mol. The van der Waals surface area contributed by atoms with E-state index in [9.17, 15) is 28.9 Å². The van der Waals surface area contributed by atoms with Gasteiger partial charge in [0.15, 0.2) is 6.10 Å². The van der Waals surface area contributed by atoms with Crippen LogP contribution in [0.4, 0.5) is 21.5 Å². The summed E-state index contributed by atoms with van der Waals surface area (Å²) in [6.07, 6.45) is -1.27. The van der Waals surface area contributed by atoms with E-state index in [1.807, 2.05) is 0 Å². The molecule has 152 valence electrons. The lowest BCUT2D eigenvalue weighted by Crippen LogP contribution is -2.30. The number of hydrogen-bond donors (Lipinski definition) is 2. The predicted octanol–water partition coefficient (Wildman–Crippen LogP) is 2.81. The van der Waals surface area contributed by atoms with Crippen molar-refractivity contribution in [2.24, 2.45) is 0 Å². The van der Waals surface area contributed by atoms with Gasteiger partial charge < -0.3 is 15.4 Å². The van der Waals surface area contributed by atoms with Crippen LogP contribution in [0.25, 0.3) is 0 Å². The maximum atomic E-state index is 13.3. The number of nitrogens with one attached hydrogen (secondary N) is 2. The van der Waals surface area contributed by atoms with E-state index in [0.717, 1.165) is 18.2 Å². The Morgan fingerprint density at radius 1 is 1.10 bits per heavy atom. The normalized spacial score (nSPS) is 11.3. The zero-order chi connectivity index (χ0) is 21.6. The van der Waals surface area contributed by atoms with Crippen LogP contribution in [0, 0.1) is 15.9 Å². The number of esters is 1. The number of amides is 2. The van der Waals surface area contributed by atoms with Crippen molar-refractivity contribution in [1.29, 1.82) is 0 Å². The molecule has 0 spiro atoms. The van der Waals surface area contributed by atoms with E-state index in [0.29, 0.717) is 11.3 Å². The first kappa shape index (κ1) is 21.5. The van der Waals surface area contributed by atoms with Crippen LogP contribution in [0.2, 0.25) is 0 Å². The Balaban J connectivity index is 1.92. The second kappa shape index (κ2) is 9.40. The summed E-state index contributed by atoms with van der Waals surface area (Å²) in [6.45, 7) is 2.72. The lowest BCUT2D eigenvalue weighted by Gasteiger charge is -2.14. The summed E-state index contributed by atoms with van der Waals surface area (Å²) in [5.41, 5.74) is 0.413. The molecule has 29 heavy (non-hydrogen) atoms. The molecule has 0 aliphatic carbocycles. The molecule has 2 rings (SSSR count). The number of benzene rings is 2. The fourth-order valence-electron chi connectivity index (χ4n) is 2.34. The molecule has 0 aliphatic heterocycles. The minimum atomic E-state index is -1.18. The van der Waals surface area contributed by atoms with Crippen LogP contribution in [-0.4, -0.2) is 28.8 Å². The van der Waals surface area contributed by atoms with Crippen LogP contribution in [0.3, 0.4) is 0 Å². The van der Waals surface area contributed by atoms with Crippen molar-refractivity contribution in [2.75, 3.05) is 10.6 Å². The van der Waals surface area contributed by atoms with Gasteiger partial charge >= 0.3 is 11.7 Å². The van der Waals surface area contributed by atoms with Crippen LogP contribution in [0.15, 0.2) is 42.5 Å². The van der Waals surface area contributed by atoms with Crippen LogP contribution in [0.1, 0.15) is 19.4 Å². The van der Waals surface area contributed by atoms with Gasteiger partial charge in [0.1, 0.15) is 0 Å². The molecule has 0 aromatic heterocycles. The number of carbonyl (C=O) groups excluding carboxylic acids is 3. The van der Waals surface area contributed by atoms with Crippen LogP contribution in [0.5, 0.6) is 0 Å². The fourth-order valence-corrected chi connectivity index (χ4v) is 2.34. The van der Waals surface area contributed by atoms with Gasteiger partial charge in [0.25, 0.3) is 5.91 Å². The number of halogens is 1. The molecule has 9 nitrogen and oxygen atoms in total. The van der Waals surface area contributed by atoms with Gasteiger partial charge in [-0.1, -0.05) is 12.1 Å². The Morgan fingerprint density at radius 3 is 2.31 bits per heavy atom. The fraction of sp³-hybridized carbons (Fsp3) is 0.211. The molecule has 0 fully saturated rings. The molecule has 0 heterocycles. The van der Waals surface area contributed by atoms with Gasteiger partial charge in [-0.3, -0.25) is 24.5 Å². The van der Waals surface area contributed by atoms with Gasteiger partial charge in [-0.05, 0) is 36.8 Å². The molecule has 1 atom stereocenters. The largest absolute Gasteiger partial charge is 0.452 e. The summed E-state index contributed by atoms with van der Waals surface area (Å²) in [5, 5.41) is 15.7. The lowest BCUT2D eigenvalue weighted by molar-refractivity contribution is -0.387. The number of hydrogen-bond acceptors (Lipinski definition) is 6. The van der Waals surface area contributed by atoms with Crippen molar-refractivity contribution >= 4 is 34.8 Å². The minimum Gasteiger partial charge on any atom is -0.452 e. The molecule has 0 radical (unpaired) electrons. The first-order valence-electron chi connectivity index (χ1n) is 8.46. The third-order valence-corrected chi connectivity index (χ3v) is 3.71. The van der Waals surface area contributed by atoms with E-state index in [1.54, 1.807) is 24.3 Å². The molecule has 0 bridgehead atoms. The zero-order valence-corrected chi connectivity index (χ0v) is 15.6. The van der Waals surface area contributed by atoms with Gasteiger partial charge in [-0.25, -0.2) is 0 Å². The molecular formula is C19H18FN3O6. The Morgan fingerprint density at radius 2 is 1.72 bits per heavy atom. The van der Waals surface area contributed by atoms with Crippen molar-refractivity contribution in [3.8, 4) is 0 Å². The summed E-state index contributed by atoms with van der Waals surface area (Å²) in [4.78, 5) is 45.0. The monoisotopic (exact) mass is 403 g/mol. The predicted molar refractivity (Wildman–Crippen MR) is 102 cm³/mol. The molecule has 2 amide bonds. The van der Waals surface area contributed by atoms with Crippen molar-refractivity contribution in [3.63, 3.8) is 0 Å². The van der Waals surface area contributed by atoms with Crippen molar-refractivity contribution in [1.82, 2.24) is 0 Å². The van der Waals surface area contributed by atoms with E-state index >= 15 is 0 Å². The molecule has 2 aromatic carbocycles. The molecule has 2 N–H and O–H groups in total. The molecule has 0 saturated heterocycles. The van der Waals surface area contributed by atoms with E-state index in [2.05, 4.69) is 10.6 Å². The summed E-state index contributed by atoms with van der Waals surface area (Å²) in [7, 11) is 0. The number of nitro benzene ring substituents is 1. The van der Waals surface area contributed by atoms with Gasteiger partial charge in [0.05, 0.1) is 11.3 Å². The summed E-state index contributed by atoms with van der Waals surface area (Å²) in [5.74, 6) is -2.63. The Kier molecular flexibility index (Phi) is 6.96. The number of anilines is 2. The summed E-state index contributed by atoms with van der Waals surface area (Å²) < 4.78 is 18.4. The third-order valence-electron chi connectivity index (χ3n) is 3.71. The second-order valence-electron chi connectivity index (χ2n) is 6.10. The zero-order valence-electron chi connectivity index (χ0n) is 15.6. The molecule has 10 heteroatoms. The highest BCUT2D eigenvalue weighted by atomic mass is 19.1. The molecule has 2 aromatic rings. The molecule has 0 unspecified atom stereocenters. The summed E-state index contributed by atoms with van der Waals surface area (Å²) >= 11 is 0.